The van der Waals surface area contributed by atoms with Crippen molar-refractivity contribution in [3.63, 3.8) is 0 Å². The van der Waals surface area contributed by atoms with Crippen LogP contribution in [0.15, 0.2) is 0 Å². The van der Waals surface area contributed by atoms with Gasteiger partial charge >= 0.3 is 9.28 Å². The second kappa shape index (κ2) is 4.58. The Balaban J connectivity index is 4.05. The summed E-state index contributed by atoms with van der Waals surface area (Å²) in [5.74, 6) is 0. The van der Waals surface area contributed by atoms with Crippen LogP contribution in [0.5, 0.6) is 0 Å². The van der Waals surface area contributed by atoms with E-state index in [4.69, 9.17) is 8.85 Å². The van der Waals surface area contributed by atoms with Gasteiger partial charge in [0.1, 0.15) is 0 Å². The minimum Gasteiger partial charge on any atom is -0.388 e. The summed E-state index contributed by atoms with van der Waals surface area (Å²) >= 11 is 0. The van der Waals surface area contributed by atoms with Crippen molar-refractivity contribution in [3.05, 3.63) is 0 Å². The molecule has 0 bridgehead atoms. The molecule has 0 aliphatic rings. The van der Waals surface area contributed by atoms with Crippen molar-refractivity contribution in [1.29, 1.82) is 0 Å². The van der Waals surface area contributed by atoms with Gasteiger partial charge in [-0.25, -0.2) is 0 Å². The van der Waals surface area contributed by atoms with Crippen LogP contribution in [0.1, 0.15) is 48.5 Å². The first-order chi connectivity index (χ1) is 5.64. The summed E-state index contributed by atoms with van der Waals surface area (Å²) in [5, 5.41) is 0. The van der Waals surface area contributed by atoms with Gasteiger partial charge in [-0.2, -0.15) is 0 Å². The van der Waals surface area contributed by atoms with E-state index in [9.17, 15) is 0 Å². The highest BCUT2D eigenvalue weighted by atomic mass is 28.3. The van der Waals surface area contributed by atoms with E-state index in [1.165, 1.54) is 0 Å². The molecule has 1 radical (unpaired) electrons. The van der Waals surface area contributed by atoms with E-state index >= 15 is 0 Å². The molecule has 0 aliphatic heterocycles. The van der Waals surface area contributed by atoms with E-state index < -0.39 is 9.28 Å². The molecule has 0 fully saturated rings. The first-order valence-electron chi connectivity index (χ1n) is 4.88. The van der Waals surface area contributed by atoms with Crippen LogP contribution < -0.4 is 0 Å². The topological polar surface area (TPSA) is 18.5 Å². The second-order valence-corrected chi connectivity index (χ2v) is 7.01. The smallest absolute Gasteiger partial charge is 0.385 e. The van der Waals surface area contributed by atoms with Crippen molar-refractivity contribution >= 4 is 9.28 Å². The largest absolute Gasteiger partial charge is 0.388 e. The Morgan fingerprint density at radius 1 is 0.846 bits per heavy atom. The average Bonchev–Trinajstić information content (AvgIpc) is 1.79. The summed E-state index contributed by atoms with van der Waals surface area (Å²) in [6.45, 7) is 14.5. The molecule has 0 N–H and O–H groups in total. The Morgan fingerprint density at radius 3 is 1.31 bits per heavy atom. The second-order valence-electron chi connectivity index (χ2n) is 5.15. The van der Waals surface area contributed by atoms with Crippen LogP contribution in [0.2, 0.25) is 6.04 Å². The van der Waals surface area contributed by atoms with Gasteiger partial charge in [0.25, 0.3) is 0 Å². The third-order valence-corrected chi connectivity index (χ3v) is 3.39. The molecule has 0 aromatic carbocycles. The van der Waals surface area contributed by atoms with E-state index in [0.717, 1.165) is 6.04 Å². The Hall–Kier alpha value is 0.137. The van der Waals surface area contributed by atoms with E-state index in [-0.39, 0.29) is 11.2 Å². The van der Waals surface area contributed by atoms with Crippen molar-refractivity contribution in [2.24, 2.45) is 0 Å². The zero-order valence-electron chi connectivity index (χ0n) is 10.0. The molecule has 0 unspecified atom stereocenters. The standard InChI is InChI=1S/C10H23O2Si/c1-8-13(11-9(2,3)4)12-10(5,6)7/h8H2,1-7H3. The van der Waals surface area contributed by atoms with Crippen molar-refractivity contribution in [1.82, 2.24) is 0 Å². The molecule has 0 aromatic heterocycles. The van der Waals surface area contributed by atoms with Gasteiger partial charge in [0, 0.05) is 11.2 Å². The molecule has 0 amide bonds. The Kier molecular flexibility index (Phi) is 4.62. The minimum absolute atomic E-state index is 0.0877. The molecular weight excluding hydrogens is 180 g/mol. The summed E-state index contributed by atoms with van der Waals surface area (Å²) in [6, 6.07) is 0.985. The van der Waals surface area contributed by atoms with Gasteiger partial charge in [-0.3, -0.25) is 0 Å². The molecule has 0 rings (SSSR count). The highest BCUT2D eigenvalue weighted by Gasteiger charge is 2.26. The third-order valence-electron chi connectivity index (χ3n) is 1.13. The quantitative estimate of drug-likeness (QED) is 0.656. The molecule has 0 saturated carbocycles. The summed E-state index contributed by atoms with van der Waals surface area (Å²) in [7, 11) is -1.10. The fraction of sp³-hybridized carbons (Fsp3) is 1.00. The average molecular weight is 203 g/mol. The van der Waals surface area contributed by atoms with Gasteiger partial charge in [-0.1, -0.05) is 6.92 Å². The summed E-state index contributed by atoms with van der Waals surface area (Å²) < 4.78 is 11.7. The fourth-order valence-corrected chi connectivity index (χ4v) is 2.54. The summed E-state index contributed by atoms with van der Waals surface area (Å²) in [4.78, 5) is 0. The van der Waals surface area contributed by atoms with E-state index in [1.807, 2.05) is 0 Å². The van der Waals surface area contributed by atoms with E-state index in [0.29, 0.717) is 0 Å². The third kappa shape index (κ3) is 8.47. The molecule has 0 atom stereocenters. The van der Waals surface area contributed by atoms with E-state index in [1.54, 1.807) is 0 Å². The monoisotopic (exact) mass is 203 g/mol. The van der Waals surface area contributed by atoms with Gasteiger partial charge in [0.15, 0.2) is 0 Å². The van der Waals surface area contributed by atoms with E-state index in [2.05, 4.69) is 48.5 Å². The maximum Gasteiger partial charge on any atom is 0.385 e. The van der Waals surface area contributed by atoms with Gasteiger partial charge < -0.3 is 8.85 Å². The van der Waals surface area contributed by atoms with Crippen molar-refractivity contribution < 1.29 is 8.85 Å². The molecule has 13 heavy (non-hydrogen) atoms. The molecule has 0 heterocycles. The van der Waals surface area contributed by atoms with Gasteiger partial charge in [-0.15, -0.1) is 0 Å². The Bertz CT molecular complexity index is 128. The predicted octanol–water partition coefficient (Wildman–Crippen LogP) is 3.12. The molecule has 0 saturated heterocycles. The SMILES string of the molecule is CC[Si](OC(C)(C)C)OC(C)(C)C. The highest BCUT2D eigenvalue weighted by Crippen LogP contribution is 2.17. The van der Waals surface area contributed by atoms with Gasteiger partial charge in [0.05, 0.1) is 0 Å². The van der Waals surface area contributed by atoms with Crippen molar-refractivity contribution in [2.45, 2.75) is 65.7 Å². The lowest BCUT2D eigenvalue weighted by Crippen LogP contribution is -2.38. The normalized spacial score (nSPS) is 13.8. The van der Waals surface area contributed by atoms with Crippen LogP contribution in [0.25, 0.3) is 0 Å². The molecule has 79 valence electrons. The molecular formula is C10H23O2Si. The number of rotatable bonds is 3. The van der Waals surface area contributed by atoms with Crippen LogP contribution >= 0.6 is 0 Å². The first-order valence-corrected chi connectivity index (χ1v) is 6.40. The van der Waals surface area contributed by atoms with Crippen LogP contribution in [-0.4, -0.2) is 20.5 Å². The lowest BCUT2D eigenvalue weighted by atomic mass is 10.2. The van der Waals surface area contributed by atoms with Gasteiger partial charge in [-0.05, 0) is 47.6 Å². The first kappa shape index (κ1) is 13.1. The van der Waals surface area contributed by atoms with Crippen molar-refractivity contribution in [2.75, 3.05) is 0 Å². The molecule has 0 spiro atoms. The molecule has 0 aromatic rings. The van der Waals surface area contributed by atoms with Crippen LogP contribution in [0.3, 0.4) is 0 Å². The molecule has 2 nitrogen and oxygen atoms in total. The van der Waals surface area contributed by atoms with Crippen LogP contribution in [0.4, 0.5) is 0 Å². The zero-order valence-corrected chi connectivity index (χ0v) is 11.0. The zero-order chi connectivity index (χ0) is 10.7. The van der Waals surface area contributed by atoms with Crippen LogP contribution in [-0.2, 0) is 8.85 Å². The molecule has 3 heteroatoms. The highest BCUT2D eigenvalue weighted by molar-refractivity contribution is 6.44. The minimum atomic E-state index is -1.10. The lowest BCUT2D eigenvalue weighted by Gasteiger charge is -2.30. The summed E-state index contributed by atoms with van der Waals surface area (Å²) in [5.41, 5.74) is -0.175. The van der Waals surface area contributed by atoms with Crippen LogP contribution in [0, 0.1) is 0 Å². The van der Waals surface area contributed by atoms with Crippen molar-refractivity contribution in [3.8, 4) is 0 Å². The number of hydrogen-bond donors (Lipinski definition) is 0. The predicted molar refractivity (Wildman–Crippen MR) is 57.9 cm³/mol. The Morgan fingerprint density at radius 2 is 1.15 bits per heavy atom. The summed E-state index contributed by atoms with van der Waals surface area (Å²) in [6.07, 6.45) is 0. The number of hydrogen-bond acceptors (Lipinski definition) is 2. The fourth-order valence-electron chi connectivity index (χ4n) is 0.848. The Labute approximate surface area is 84.5 Å². The van der Waals surface area contributed by atoms with Gasteiger partial charge in [0.2, 0.25) is 0 Å². The maximum absolute atomic E-state index is 5.84. The maximum atomic E-state index is 5.84. The molecule has 0 aliphatic carbocycles. The lowest BCUT2D eigenvalue weighted by molar-refractivity contribution is 0.0344.